The summed E-state index contributed by atoms with van der Waals surface area (Å²) in [6, 6.07) is 18.9. The van der Waals surface area contributed by atoms with Crippen LogP contribution >= 0.6 is 0 Å². The number of benzene rings is 2. The average molecular weight is 507 g/mol. The van der Waals surface area contributed by atoms with Gasteiger partial charge in [-0.2, -0.15) is 0 Å². The number of amides is 1. The molecule has 0 unspecified atom stereocenters. The number of carbonyl (C=O) groups excluding carboxylic acids is 1. The van der Waals surface area contributed by atoms with Crippen molar-refractivity contribution in [3.63, 3.8) is 0 Å². The van der Waals surface area contributed by atoms with E-state index in [4.69, 9.17) is 0 Å². The molecule has 2 aromatic rings. The molecule has 0 saturated carbocycles. The molecule has 0 aliphatic heterocycles. The van der Waals surface area contributed by atoms with Crippen LogP contribution in [0.2, 0.25) is 0 Å². The molecule has 0 radical (unpaired) electrons. The molecular weight excluding hydrogens is 452 g/mol. The van der Waals surface area contributed by atoms with Gasteiger partial charge in [0, 0.05) is 13.0 Å². The van der Waals surface area contributed by atoms with E-state index in [2.05, 4.69) is 55.7 Å². The number of rotatable bonds is 22. The van der Waals surface area contributed by atoms with E-state index in [1.807, 2.05) is 23.2 Å². The summed E-state index contributed by atoms with van der Waals surface area (Å²) in [6.07, 6.45) is 21.8. The van der Waals surface area contributed by atoms with Crippen molar-refractivity contribution in [2.75, 3.05) is 0 Å². The highest BCUT2D eigenvalue weighted by Gasteiger charge is 2.14. The summed E-state index contributed by atoms with van der Waals surface area (Å²) >= 11 is 0. The van der Waals surface area contributed by atoms with Crippen molar-refractivity contribution in [1.29, 1.82) is 0 Å². The average Bonchev–Trinajstić information content (AvgIpc) is 2.94. The molecule has 206 valence electrons. The molecule has 1 amide bonds. The monoisotopic (exact) mass is 506 g/mol. The Morgan fingerprint density at radius 1 is 0.595 bits per heavy atom. The summed E-state index contributed by atoms with van der Waals surface area (Å²) in [7, 11) is 0. The summed E-state index contributed by atoms with van der Waals surface area (Å²) in [4.78, 5) is 13.1. The zero-order chi connectivity index (χ0) is 26.4. The number of nitrogens with one attached hydrogen (secondary N) is 1. The number of carbonyl (C=O) groups is 1. The Bertz CT molecular complexity index is 802. The highest BCUT2D eigenvalue weighted by molar-refractivity contribution is 5.75. The molecule has 3 heteroatoms. The van der Waals surface area contributed by atoms with E-state index >= 15 is 0 Å². The van der Waals surface area contributed by atoms with Crippen molar-refractivity contribution in [1.82, 2.24) is 10.4 Å². The summed E-state index contributed by atoms with van der Waals surface area (Å²) in [6.45, 7) is 5.73. The SMILES string of the molecule is CCCCCCCCCCCCCCCCCC(=O)N(Cc1ccc(CC)cc1)NCc1ccccc1. The Kier molecular flexibility index (Phi) is 17.5. The molecule has 0 bridgehead atoms. The van der Waals surface area contributed by atoms with Gasteiger partial charge in [-0.25, -0.2) is 5.43 Å². The quantitative estimate of drug-likeness (QED) is 0.127. The second kappa shape index (κ2) is 20.9. The fourth-order valence-corrected chi connectivity index (χ4v) is 4.86. The molecule has 1 N–H and O–H groups in total. The lowest BCUT2D eigenvalue weighted by Crippen LogP contribution is -2.41. The summed E-state index contributed by atoms with van der Waals surface area (Å²) < 4.78 is 0. The molecule has 0 spiro atoms. The predicted molar refractivity (Wildman–Crippen MR) is 159 cm³/mol. The highest BCUT2D eigenvalue weighted by atomic mass is 16.2. The van der Waals surface area contributed by atoms with E-state index in [1.165, 1.54) is 100 Å². The molecule has 0 atom stereocenters. The number of unbranched alkanes of at least 4 members (excludes halogenated alkanes) is 14. The van der Waals surface area contributed by atoms with Crippen LogP contribution in [0.25, 0.3) is 0 Å². The molecule has 0 fully saturated rings. The van der Waals surface area contributed by atoms with E-state index in [1.54, 1.807) is 0 Å². The Hall–Kier alpha value is -2.13. The third-order valence-electron chi connectivity index (χ3n) is 7.38. The lowest BCUT2D eigenvalue weighted by atomic mass is 10.0. The Morgan fingerprint density at radius 2 is 1.08 bits per heavy atom. The normalized spacial score (nSPS) is 11.1. The maximum Gasteiger partial charge on any atom is 0.236 e. The van der Waals surface area contributed by atoms with E-state index in [0.29, 0.717) is 19.5 Å². The van der Waals surface area contributed by atoms with Gasteiger partial charge in [-0.05, 0) is 29.5 Å². The van der Waals surface area contributed by atoms with E-state index in [0.717, 1.165) is 19.3 Å². The number of hydrazine groups is 1. The van der Waals surface area contributed by atoms with Gasteiger partial charge in [0.2, 0.25) is 5.91 Å². The van der Waals surface area contributed by atoms with Gasteiger partial charge < -0.3 is 0 Å². The zero-order valence-electron chi connectivity index (χ0n) is 24.0. The molecule has 2 aromatic carbocycles. The fourth-order valence-electron chi connectivity index (χ4n) is 4.86. The van der Waals surface area contributed by atoms with Crippen molar-refractivity contribution < 1.29 is 4.79 Å². The Morgan fingerprint density at radius 3 is 1.59 bits per heavy atom. The molecule has 2 rings (SSSR count). The van der Waals surface area contributed by atoms with E-state index < -0.39 is 0 Å². The van der Waals surface area contributed by atoms with Crippen LogP contribution < -0.4 is 5.43 Å². The van der Waals surface area contributed by atoms with Crippen molar-refractivity contribution in [3.05, 3.63) is 71.3 Å². The second-order valence-corrected chi connectivity index (χ2v) is 10.7. The Labute approximate surface area is 228 Å². The van der Waals surface area contributed by atoms with Crippen molar-refractivity contribution in [2.24, 2.45) is 0 Å². The van der Waals surface area contributed by atoms with Gasteiger partial charge in [0.25, 0.3) is 0 Å². The van der Waals surface area contributed by atoms with Crippen LogP contribution in [-0.4, -0.2) is 10.9 Å². The smallest absolute Gasteiger partial charge is 0.236 e. The van der Waals surface area contributed by atoms with Crippen LogP contribution in [-0.2, 0) is 24.3 Å². The van der Waals surface area contributed by atoms with Crippen LogP contribution in [0.1, 0.15) is 133 Å². The summed E-state index contributed by atoms with van der Waals surface area (Å²) in [5.41, 5.74) is 7.09. The third-order valence-corrected chi connectivity index (χ3v) is 7.38. The van der Waals surface area contributed by atoms with Gasteiger partial charge in [-0.15, -0.1) is 0 Å². The first-order valence-corrected chi connectivity index (χ1v) is 15.4. The number of hydrogen-bond acceptors (Lipinski definition) is 2. The van der Waals surface area contributed by atoms with Crippen LogP contribution in [0.4, 0.5) is 0 Å². The van der Waals surface area contributed by atoms with Gasteiger partial charge in [0.05, 0.1) is 6.54 Å². The fraction of sp³-hybridized carbons (Fsp3) is 0.618. The summed E-state index contributed by atoms with van der Waals surface area (Å²) in [5.74, 6) is 0.199. The zero-order valence-corrected chi connectivity index (χ0v) is 24.0. The van der Waals surface area contributed by atoms with Gasteiger partial charge in [-0.1, -0.05) is 158 Å². The number of hydrogen-bond donors (Lipinski definition) is 1. The van der Waals surface area contributed by atoms with Gasteiger partial charge in [0.1, 0.15) is 0 Å². The maximum atomic E-state index is 13.1. The topological polar surface area (TPSA) is 32.3 Å². The first-order valence-electron chi connectivity index (χ1n) is 15.4. The predicted octanol–water partition coefficient (Wildman–Crippen LogP) is 9.54. The molecule has 0 aromatic heterocycles. The molecule has 0 saturated heterocycles. The van der Waals surface area contributed by atoms with Gasteiger partial charge in [0.15, 0.2) is 0 Å². The highest BCUT2D eigenvalue weighted by Crippen LogP contribution is 2.15. The number of nitrogens with zero attached hydrogens (tertiary/aromatic N) is 1. The largest absolute Gasteiger partial charge is 0.273 e. The minimum atomic E-state index is 0.199. The van der Waals surface area contributed by atoms with E-state index in [9.17, 15) is 4.79 Å². The summed E-state index contributed by atoms with van der Waals surface area (Å²) in [5, 5.41) is 1.83. The minimum absolute atomic E-state index is 0.199. The van der Waals surface area contributed by atoms with Crippen LogP contribution in [0.15, 0.2) is 54.6 Å². The Balaban J connectivity index is 1.59. The third kappa shape index (κ3) is 15.0. The van der Waals surface area contributed by atoms with Crippen molar-refractivity contribution in [3.8, 4) is 0 Å². The minimum Gasteiger partial charge on any atom is -0.273 e. The second-order valence-electron chi connectivity index (χ2n) is 10.7. The molecular formula is C34H54N2O. The lowest BCUT2D eigenvalue weighted by molar-refractivity contribution is -0.135. The standard InChI is InChI=1S/C34H54N2O/c1-3-5-6-7-8-9-10-11-12-13-14-15-16-17-21-24-34(37)36(35-29-32-22-19-18-20-23-32)30-33-27-25-31(4-2)26-28-33/h18-20,22-23,25-28,35H,3-17,21,24,29-30H2,1-2H3. The van der Waals surface area contributed by atoms with Crippen molar-refractivity contribution in [2.45, 2.75) is 136 Å². The van der Waals surface area contributed by atoms with Crippen LogP contribution in [0, 0.1) is 0 Å². The maximum absolute atomic E-state index is 13.1. The van der Waals surface area contributed by atoms with Gasteiger partial charge >= 0.3 is 0 Å². The molecule has 3 nitrogen and oxygen atoms in total. The number of aryl methyl sites for hydroxylation is 1. The van der Waals surface area contributed by atoms with E-state index in [-0.39, 0.29) is 5.91 Å². The van der Waals surface area contributed by atoms with Crippen molar-refractivity contribution >= 4 is 5.91 Å². The van der Waals surface area contributed by atoms with Gasteiger partial charge in [-0.3, -0.25) is 9.80 Å². The van der Waals surface area contributed by atoms with Crippen LogP contribution in [0.5, 0.6) is 0 Å². The molecule has 0 heterocycles. The molecule has 0 aliphatic rings. The molecule has 37 heavy (non-hydrogen) atoms. The first-order chi connectivity index (χ1) is 18.2. The van der Waals surface area contributed by atoms with Crippen LogP contribution in [0.3, 0.4) is 0 Å². The molecule has 0 aliphatic carbocycles. The first kappa shape index (κ1) is 31.1. The lowest BCUT2D eigenvalue weighted by Gasteiger charge is -2.24.